The number of carbonyl (C=O) groups is 3. The molecule has 0 saturated carbocycles. The van der Waals surface area contributed by atoms with E-state index in [-0.39, 0.29) is 42.0 Å². The number of amides is 3. The van der Waals surface area contributed by atoms with Crippen LogP contribution < -0.4 is 10.2 Å². The molecule has 0 spiro atoms. The average molecular weight is 392 g/mol. The SMILES string of the molecule is CC(C)C(=O)NC1CCCN(C(=O)C2CC(=O)N(c3ccc(Cl)cc3)C2)C1. The van der Waals surface area contributed by atoms with Gasteiger partial charge in [0.2, 0.25) is 17.7 Å². The molecule has 7 heteroatoms. The molecule has 6 nitrogen and oxygen atoms in total. The number of anilines is 1. The molecule has 1 aromatic carbocycles. The van der Waals surface area contributed by atoms with Crippen LogP contribution in [0.15, 0.2) is 24.3 Å². The second kappa shape index (κ2) is 8.30. The molecule has 0 radical (unpaired) electrons. The first-order valence-corrected chi connectivity index (χ1v) is 9.88. The number of hydrogen-bond donors (Lipinski definition) is 1. The van der Waals surface area contributed by atoms with Crippen molar-refractivity contribution in [2.24, 2.45) is 11.8 Å². The summed E-state index contributed by atoms with van der Waals surface area (Å²) in [7, 11) is 0. The van der Waals surface area contributed by atoms with E-state index in [9.17, 15) is 14.4 Å². The van der Waals surface area contributed by atoms with Crippen LogP contribution >= 0.6 is 11.6 Å². The molecule has 2 atom stereocenters. The molecule has 2 saturated heterocycles. The minimum atomic E-state index is -0.340. The number of rotatable bonds is 4. The first kappa shape index (κ1) is 19.7. The molecule has 0 aliphatic carbocycles. The highest BCUT2D eigenvalue weighted by Crippen LogP contribution is 2.28. The van der Waals surface area contributed by atoms with E-state index in [0.29, 0.717) is 24.7 Å². The highest BCUT2D eigenvalue weighted by atomic mass is 35.5. The van der Waals surface area contributed by atoms with Gasteiger partial charge in [0.25, 0.3) is 0 Å². The van der Waals surface area contributed by atoms with Crippen LogP contribution in [0.2, 0.25) is 5.02 Å². The Kier molecular flexibility index (Phi) is 6.05. The Hall–Kier alpha value is -2.08. The summed E-state index contributed by atoms with van der Waals surface area (Å²) in [5, 5.41) is 3.63. The lowest BCUT2D eigenvalue weighted by Crippen LogP contribution is -2.51. The zero-order valence-corrected chi connectivity index (χ0v) is 16.5. The van der Waals surface area contributed by atoms with Gasteiger partial charge in [0.1, 0.15) is 0 Å². The molecule has 3 amide bonds. The van der Waals surface area contributed by atoms with E-state index in [2.05, 4.69) is 5.32 Å². The number of carbonyl (C=O) groups excluding carboxylic acids is 3. The van der Waals surface area contributed by atoms with E-state index in [1.807, 2.05) is 13.8 Å². The van der Waals surface area contributed by atoms with Gasteiger partial charge in [0.15, 0.2) is 0 Å². The molecular formula is C20H26ClN3O3. The number of hydrogen-bond acceptors (Lipinski definition) is 3. The van der Waals surface area contributed by atoms with Crippen LogP contribution in [-0.2, 0) is 14.4 Å². The summed E-state index contributed by atoms with van der Waals surface area (Å²) >= 11 is 5.91. The lowest BCUT2D eigenvalue weighted by Gasteiger charge is -2.34. The van der Waals surface area contributed by atoms with Crippen molar-refractivity contribution < 1.29 is 14.4 Å². The molecule has 27 heavy (non-hydrogen) atoms. The van der Waals surface area contributed by atoms with Crippen molar-refractivity contribution in [3.63, 3.8) is 0 Å². The summed E-state index contributed by atoms with van der Waals surface area (Å²) in [6.07, 6.45) is 1.96. The monoisotopic (exact) mass is 391 g/mol. The van der Waals surface area contributed by atoms with Crippen molar-refractivity contribution >= 4 is 35.0 Å². The van der Waals surface area contributed by atoms with E-state index in [1.165, 1.54) is 0 Å². The van der Waals surface area contributed by atoms with E-state index >= 15 is 0 Å². The summed E-state index contributed by atoms with van der Waals surface area (Å²) < 4.78 is 0. The molecule has 3 rings (SSSR count). The fourth-order valence-corrected chi connectivity index (χ4v) is 3.79. The van der Waals surface area contributed by atoms with E-state index < -0.39 is 0 Å². The summed E-state index contributed by atoms with van der Waals surface area (Å²) in [5.74, 6) is -0.441. The van der Waals surface area contributed by atoms with Crippen LogP contribution in [-0.4, -0.2) is 48.3 Å². The van der Waals surface area contributed by atoms with Crippen LogP contribution in [0.4, 0.5) is 5.69 Å². The smallest absolute Gasteiger partial charge is 0.228 e. The van der Waals surface area contributed by atoms with Crippen molar-refractivity contribution in [1.29, 1.82) is 0 Å². The molecule has 2 fully saturated rings. The van der Waals surface area contributed by atoms with Crippen LogP contribution in [0.1, 0.15) is 33.1 Å². The Bertz CT molecular complexity index is 720. The van der Waals surface area contributed by atoms with Gasteiger partial charge in [-0.05, 0) is 37.1 Å². The summed E-state index contributed by atoms with van der Waals surface area (Å²) in [6, 6.07) is 7.07. The van der Waals surface area contributed by atoms with Crippen LogP contribution in [0, 0.1) is 11.8 Å². The molecule has 2 heterocycles. The molecule has 1 aromatic rings. The molecule has 2 aliphatic rings. The van der Waals surface area contributed by atoms with Crippen molar-refractivity contribution in [3.8, 4) is 0 Å². The van der Waals surface area contributed by atoms with E-state index in [1.54, 1.807) is 34.1 Å². The number of nitrogens with one attached hydrogen (secondary N) is 1. The van der Waals surface area contributed by atoms with Crippen LogP contribution in [0.3, 0.4) is 0 Å². The first-order chi connectivity index (χ1) is 12.8. The third-order valence-corrected chi connectivity index (χ3v) is 5.47. The molecule has 146 valence electrons. The van der Waals surface area contributed by atoms with E-state index in [0.717, 1.165) is 18.5 Å². The highest BCUT2D eigenvalue weighted by molar-refractivity contribution is 6.30. The van der Waals surface area contributed by atoms with Gasteiger partial charge in [-0.1, -0.05) is 25.4 Å². The standard InChI is InChI=1S/C20H26ClN3O3/c1-13(2)19(26)22-16-4-3-9-23(12-16)20(27)14-10-18(25)24(11-14)17-7-5-15(21)6-8-17/h5-8,13-14,16H,3-4,9-12H2,1-2H3,(H,22,26). The maximum absolute atomic E-state index is 13.0. The zero-order chi connectivity index (χ0) is 19.6. The first-order valence-electron chi connectivity index (χ1n) is 9.50. The Morgan fingerprint density at radius 1 is 1.19 bits per heavy atom. The lowest BCUT2D eigenvalue weighted by molar-refractivity contribution is -0.138. The molecule has 1 N–H and O–H groups in total. The fourth-order valence-electron chi connectivity index (χ4n) is 3.66. The fraction of sp³-hybridized carbons (Fsp3) is 0.550. The minimum Gasteiger partial charge on any atom is -0.351 e. The van der Waals surface area contributed by atoms with Gasteiger partial charge in [-0.3, -0.25) is 14.4 Å². The Balaban J connectivity index is 1.61. The second-order valence-corrected chi connectivity index (χ2v) is 8.10. The number of halogens is 1. The van der Waals surface area contributed by atoms with Gasteiger partial charge >= 0.3 is 0 Å². The maximum Gasteiger partial charge on any atom is 0.228 e. The summed E-state index contributed by atoms with van der Waals surface area (Å²) in [5.41, 5.74) is 0.764. The topological polar surface area (TPSA) is 69.7 Å². The van der Waals surface area contributed by atoms with Gasteiger partial charge in [0, 0.05) is 48.7 Å². The van der Waals surface area contributed by atoms with Gasteiger partial charge in [-0.25, -0.2) is 0 Å². The predicted molar refractivity (Wildman–Crippen MR) is 104 cm³/mol. The van der Waals surface area contributed by atoms with Crippen LogP contribution in [0.5, 0.6) is 0 Å². The third-order valence-electron chi connectivity index (χ3n) is 5.22. The number of nitrogens with zero attached hydrogens (tertiary/aromatic N) is 2. The average Bonchev–Trinajstić information content (AvgIpc) is 3.03. The molecular weight excluding hydrogens is 366 g/mol. The Morgan fingerprint density at radius 2 is 1.89 bits per heavy atom. The quantitative estimate of drug-likeness (QED) is 0.857. The summed E-state index contributed by atoms with van der Waals surface area (Å²) in [6.45, 7) is 5.30. The minimum absolute atomic E-state index is 0.00306. The number of benzene rings is 1. The number of likely N-dealkylation sites (tertiary alicyclic amines) is 1. The van der Waals surface area contributed by atoms with Gasteiger partial charge in [-0.2, -0.15) is 0 Å². The van der Waals surface area contributed by atoms with Gasteiger partial charge in [0.05, 0.1) is 5.92 Å². The zero-order valence-electron chi connectivity index (χ0n) is 15.8. The Labute approximate surface area is 164 Å². The third kappa shape index (κ3) is 4.61. The predicted octanol–water partition coefficient (Wildman–Crippen LogP) is 2.46. The van der Waals surface area contributed by atoms with Crippen molar-refractivity contribution in [3.05, 3.63) is 29.3 Å². The van der Waals surface area contributed by atoms with E-state index in [4.69, 9.17) is 11.6 Å². The summed E-state index contributed by atoms with van der Waals surface area (Å²) in [4.78, 5) is 40.8. The molecule has 2 aliphatic heterocycles. The number of piperidine rings is 1. The molecule has 0 bridgehead atoms. The maximum atomic E-state index is 13.0. The molecule has 2 unspecified atom stereocenters. The van der Waals surface area contributed by atoms with Crippen molar-refractivity contribution in [1.82, 2.24) is 10.2 Å². The van der Waals surface area contributed by atoms with Gasteiger partial charge < -0.3 is 15.1 Å². The molecule has 0 aromatic heterocycles. The lowest BCUT2D eigenvalue weighted by atomic mass is 10.0. The highest BCUT2D eigenvalue weighted by Gasteiger charge is 2.38. The normalized spacial score (nSPS) is 23.0. The van der Waals surface area contributed by atoms with Crippen molar-refractivity contribution in [2.75, 3.05) is 24.5 Å². The van der Waals surface area contributed by atoms with Crippen LogP contribution in [0.25, 0.3) is 0 Å². The van der Waals surface area contributed by atoms with Crippen molar-refractivity contribution in [2.45, 2.75) is 39.2 Å². The Morgan fingerprint density at radius 3 is 2.56 bits per heavy atom. The second-order valence-electron chi connectivity index (χ2n) is 7.67. The largest absolute Gasteiger partial charge is 0.351 e. The van der Waals surface area contributed by atoms with Gasteiger partial charge in [-0.15, -0.1) is 0 Å².